The number of H-pyrrole nitrogens is 1. The van der Waals surface area contributed by atoms with E-state index < -0.39 is 0 Å². The van der Waals surface area contributed by atoms with Gasteiger partial charge in [-0.25, -0.2) is 9.50 Å². The van der Waals surface area contributed by atoms with Gasteiger partial charge in [-0.3, -0.25) is 14.9 Å². The number of pyridine rings is 1. The van der Waals surface area contributed by atoms with Gasteiger partial charge >= 0.3 is 0 Å². The molecule has 0 amide bonds. The number of benzene rings is 2. The Labute approximate surface area is 177 Å². The van der Waals surface area contributed by atoms with Crippen molar-refractivity contribution in [3.63, 3.8) is 0 Å². The summed E-state index contributed by atoms with van der Waals surface area (Å²) in [6.45, 7) is 1.93. The van der Waals surface area contributed by atoms with Crippen LogP contribution in [0, 0.1) is 6.92 Å². The first-order valence-corrected chi connectivity index (χ1v) is 9.87. The van der Waals surface area contributed by atoms with Crippen molar-refractivity contribution >= 4 is 17.2 Å². The van der Waals surface area contributed by atoms with Gasteiger partial charge in [0.1, 0.15) is 0 Å². The van der Waals surface area contributed by atoms with Crippen LogP contribution < -0.4 is 5.56 Å². The Morgan fingerprint density at radius 2 is 1.60 bits per heavy atom. The Bertz CT molecular complexity index is 1420. The number of fused-ring (bicyclic) bond motifs is 1. The van der Waals surface area contributed by atoms with Crippen LogP contribution in [0.1, 0.15) is 5.69 Å². The Hall–Kier alpha value is -3.70. The molecule has 0 unspecified atom stereocenters. The molecule has 2 aromatic carbocycles. The van der Waals surface area contributed by atoms with Gasteiger partial charge in [0.05, 0.1) is 5.69 Å². The van der Waals surface area contributed by atoms with Crippen LogP contribution in [0.5, 0.6) is 0 Å². The topological polar surface area (TPSA) is 63.0 Å². The number of halogens is 1. The predicted octanol–water partition coefficient (Wildman–Crippen LogP) is 5.38. The van der Waals surface area contributed by atoms with Crippen molar-refractivity contribution in [2.45, 2.75) is 6.92 Å². The van der Waals surface area contributed by atoms with Crippen LogP contribution in [0.4, 0.5) is 0 Å². The second kappa shape index (κ2) is 7.28. The fraction of sp³-hybridized carbons (Fsp3) is 0.0417. The van der Waals surface area contributed by atoms with E-state index in [1.807, 2.05) is 67.6 Å². The maximum atomic E-state index is 12.8. The smallest absolute Gasteiger partial charge is 0.273 e. The number of nitrogens with one attached hydrogen (secondary N) is 1. The third-order valence-corrected chi connectivity index (χ3v) is 5.35. The standard InChI is InChI=1S/C24H17ClN4O/c1-15-23(17-5-7-20(25)8-6-17)24-27-21(14-22(30)29(24)28-15)19-4-2-3-18(13-19)16-9-11-26-12-10-16/h2-14,28H,1H3. The molecule has 5 aromatic rings. The van der Waals surface area contributed by atoms with E-state index in [-0.39, 0.29) is 5.56 Å². The molecule has 146 valence electrons. The lowest BCUT2D eigenvalue weighted by Gasteiger charge is -2.06. The Kier molecular flexibility index (Phi) is 4.45. The molecule has 0 bridgehead atoms. The summed E-state index contributed by atoms with van der Waals surface area (Å²) in [4.78, 5) is 21.8. The van der Waals surface area contributed by atoms with E-state index in [4.69, 9.17) is 16.6 Å². The molecule has 0 aliphatic rings. The van der Waals surface area contributed by atoms with E-state index in [1.54, 1.807) is 18.5 Å². The summed E-state index contributed by atoms with van der Waals surface area (Å²) in [6.07, 6.45) is 3.53. The monoisotopic (exact) mass is 412 g/mol. The molecule has 0 saturated carbocycles. The molecule has 0 radical (unpaired) electrons. The number of aryl methyl sites for hydroxylation is 1. The normalized spacial score (nSPS) is 11.1. The zero-order valence-corrected chi connectivity index (χ0v) is 16.9. The Balaban J connectivity index is 1.69. The van der Waals surface area contributed by atoms with Crippen molar-refractivity contribution in [3.8, 4) is 33.5 Å². The highest BCUT2D eigenvalue weighted by Gasteiger charge is 2.15. The summed E-state index contributed by atoms with van der Waals surface area (Å²) < 4.78 is 1.48. The molecule has 6 heteroatoms. The molecule has 0 aliphatic heterocycles. The third-order valence-electron chi connectivity index (χ3n) is 5.10. The van der Waals surface area contributed by atoms with Gasteiger partial charge in [0.2, 0.25) is 0 Å². The first-order valence-electron chi connectivity index (χ1n) is 9.49. The fourth-order valence-corrected chi connectivity index (χ4v) is 3.79. The van der Waals surface area contributed by atoms with Crippen molar-refractivity contribution in [1.29, 1.82) is 0 Å². The molecular formula is C24H17ClN4O. The Morgan fingerprint density at radius 1 is 0.867 bits per heavy atom. The highest BCUT2D eigenvalue weighted by molar-refractivity contribution is 6.30. The molecule has 5 rings (SSSR count). The molecule has 3 aromatic heterocycles. The number of nitrogens with zero attached hydrogens (tertiary/aromatic N) is 3. The van der Waals surface area contributed by atoms with Crippen molar-refractivity contribution in [1.82, 2.24) is 19.6 Å². The molecular weight excluding hydrogens is 396 g/mol. The summed E-state index contributed by atoms with van der Waals surface area (Å²) in [5.41, 5.74) is 6.74. The SMILES string of the molecule is Cc1[nH]n2c(=O)cc(-c3cccc(-c4ccncc4)c3)nc2c1-c1ccc(Cl)cc1. The van der Waals surface area contributed by atoms with Gasteiger partial charge in [0.25, 0.3) is 5.56 Å². The zero-order chi connectivity index (χ0) is 20.7. The van der Waals surface area contributed by atoms with E-state index in [9.17, 15) is 4.79 Å². The lowest BCUT2D eigenvalue weighted by atomic mass is 10.0. The van der Waals surface area contributed by atoms with E-state index in [0.717, 1.165) is 33.5 Å². The van der Waals surface area contributed by atoms with Crippen LogP contribution in [0.3, 0.4) is 0 Å². The molecule has 1 N–H and O–H groups in total. The van der Waals surface area contributed by atoms with E-state index in [1.165, 1.54) is 4.52 Å². The quantitative estimate of drug-likeness (QED) is 0.432. The molecule has 0 aliphatic carbocycles. The first kappa shape index (κ1) is 18.3. The van der Waals surface area contributed by atoms with Crippen LogP contribution in [0.2, 0.25) is 5.02 Å². The van der Waals surface area contributed by atoms with E-state index in [0.29, 0.717) is 16.4 Å². The van der Waals surface area contributed by atoms with Crippen LogP contribution >= 0.6 is 11.6 Å². The van der Waals surface area contributed by atoms with Crippen LogP contribution in [0.25, 0.3) is 39.2 Å². The number of aromatic nitrogens is 4. The molecule has 0 saturated heterocycles. The van der Waals surface area contributed by atoms with Gasteiger partial charge in [-0.05, 0) is 53.9 Å². The van der Waals surface area contributed by atoms with Gasteiger partial charge in [-0.2, -0.15) is 0 Å². The molecule has 3 heterocycles. The van der Waals surface area contributed by atoms with Crippen LogP contribution in [-0.2, 0) is 0 Å². The molecule has 0 spiro atoms. The van der Waals surface area contributed by atoms with Gasteiger partial charge < -0.3 is 0 Å². The highest BCUT2D eigenvalue weighted by atomic mass is 35.5. The fourth-order valence-electron chi connectivity index (χ4n) is 3.66. The van der Waals surface area contributed by atoms with Crippen molar-refractivity contribution in [2.24, 2.45) is 0 Å². The maximum Gasteiger partial charge on any atom is 0.273 e. The minimum atomic E-state index is -0.160. The average molecular weight is 413 g/mol. The molecule has 0 atom stereocenters. The minimum Gasteiger partial charge on any atom is -0.293 e. The highest BCUT2D eigenvalue weighted by Crippen LogP contribution is 2.30. The van der Waals surface area contributed by atoms with Gasteiger partial charge in [-0.15, -0.1) is 0 Å². The summed E-state index contributed by atoms with van der Waals surface area (Å²) in [5, 5.41) is 3.79. The Morgan fingerprint density at radius 3 is 2.37 bits per heavy atom. The number of hydrogen-bond acceptors (Lipinski definition) is 3. The van der Waals surface area contributed by atoms with Crippen molar-refractivity contribution in [3.05, 3.63) is 100 Å². The summed E-state index contributed by atoms with van der Waals surface area (Å²) in [7, 11) is 0. The van der Waals surface area contributed by atoms with Gasteiger partial charge in [0.15, 0.2) is 5.65 Å². The lowest BCUT2D eigenvalue weighted by Crippen LogP contribution is -2.14. The lowest BCUT2D eigenvalue weighted by molar-refractivity contribution is 0.882. The number of hydrogen-bond donors (Lipinski definition) is 1. The van der Waals surface area contributed by atoms with Crippen LogP contribution in [0.15, 0.2) is 83.9 Å². The van der Waals surface area contributed by atoms with Crippen molar-refractivity contribution < 1.29 is 0 Å². The van der Waals surface area contributed by atoms with Crippen molar-refractivity contribution in [2.75, 3.05) is 0 Å². The van der Waals surface area contributed by atoms with Gasteiger partial charge in [0, 0.05) is 40.3 Å². The molecule has 5 nitrogen and oxygen atoms in total. The predicted molar refractivity (Wildman–Crippen MR) is 120 cm³/mol. The molecule has 0 fully saturated rings. The van der Waals surface area contributed by atoms with E-state index in [2.05, 4.69) is 10.1 Å². The average Bonchev–Trinajstić information content (AvgIpc) is 3.11. The van der Waals surface area contributed by atoms with Gasteiger partial charge in [-0.1, -0.05) is 41.9 Å². The third kappa shape index (κ3) is 3.19. The summed E-state index contributed by atoms with van der Waals surface area (Å²) in [5.74, 6) is 0. The second-order valence-electron chi connectivity index (χ2n) is 7.07. The van der Waals surface area contributed by atoms with E-state index >= 15 is 0 Å². The summed E-state index contributed by atoms with van der Waals surface area (Å²) >= 11 is 6.04. The zero-order valence-electron chi connectivity index (χ0n) is 16.1. The first-order chi connectivity index (χ1) is 14.6. The number of aromatic amines is 1. The minimum absolute atomic E-state index is 0.160. The molecule has 30 heavy (non-hydrogen) atoms. The largest absolute Gasteiger partial charge is 0.293 e. The maximum absolute atomic E-state index is 12.8. The second-order valence-corrected chi connectivity index (χ2v) is 7.51. The van der Waals surface area contributed by atoms with Crippen LogP contribution in [-0.4, -0.2) is 19.6 Å². The number of rotatable bonds is 3. The summed E-state index contributed by atoms with van der Waals surface area (Å²) in [6, 6.07) is 21.0.